The number of carboxylic acids is 1. The molecular weight excluding hydrogens is 394 g/mol. The second-order valence-corrected chi connectivity index (χ2v) is 8.89. The largest absolute Gasteiger partial charge is 0.480 e. The van der Waals surface area contributed by atoms with Crippen molar-refractivity contribution in [2.75, 3.05) is 14.1 Å². The second kappa shape index (κ2) is 8.06. The number of amides is 1. The van der Waals surface area contributed by atoms with Crippen molar-refractivity contribution in [1.29, 1.82) is 0 Å². The molecule has 0 aliphatic carbocycles. The van der Waals surface area contributed by atoms with E-state index in [1.54, 1.807) is 6.20 Å². The quantitative estimate of drug-likeness (QED) is 0.544. The molecule has 0 spiro atoms. The highest BCUT2D eigenvalue weighted by molar-refractivity contribution is 7.89. The number of nitrogens with one attached hydrogen (secondary N) is 2. The lowest BCUT2D eigenvalue weighted by Crippen LogP contribution is -2.42. The Balaban J connectivity index is 1.77. The summed E-state index contributed by atoms with van der Waals surface area (Å²) in [4.78, 5) is 27.3. The third-order valence-corrected chi connectivity index (χ3v) is 6.43. The molecule has 0 saturated heterocycles. The van der Waals surface area contributed by atoms with Gasteiger partial charge in [-0.2, -0.15) is 0 Å². The Hall–Kier alpha value is -3.17. The molecule has 3 aromatic rings. The summed E-state index contributed by atoms with van der Waals surface area (Å²) in [5.41, 5.74) is 1.84. The van der Waals surface area contributed by atoms with Gasteiger partial charge in [0.15, 0.2) is 0 Å². The topological polar surface area (TPSA) is 120 Å². The number of para-hydroxylation sites is 1. The standard InChI is InChI=1S/C20H21N3O5S/c1-23(2)29(27,28)15-9-7-13(8-10-15)19(24)22-18(20(25)26)11-14-12-21-17-6-4-3-5-16(14)17/h3-10,12,18,21H,11H2,1-2H3,(H,22,24)(H,25,26). The zero-order chi connectivity index (χ0) is 21.2. The first-order valence-electron chi connectivity index (χ1n) is 8.81. The molecule has 1 unspecified atom stereocenters. The van der Waals surface area contributed by atoms with E-state index in [1.165, 1.54) is 38.4 Å². The monoisotopic (exact) mass is 415 g/mol. The van der Waals surface area contributed by atoms with Crippen molar-refractivity contribution < 1.29 is 23.1 Å². The lowest BCUT2D eigenvalue weighted by atomic mass is 10.0. The summed E-state index contributed by atoms with van der Waals surface area (Å²) >= 11 is 0. The molecule has 0 fully saturated rings. The van der Waals surface area contributed by atoms with Gasteiger partial charge in [0.25, 0.3) is 5.91 Å². The van der Waals surface area contributed by atoms with Gasteiger partial charge in [-0.1, -0.05) is 18.2 Å². The van der Waals surface area contributed by atoms with Crippen LogP contribution in [0.25, 0.3) is 10.9 Å². The van der Waals surface area contributed by atoms with Crippen LogP contribution in [0.1, 0.15) is 15.9 Å². The number of hydrogen-bond acceptors (Lipinski definition) is 4. The number of aliphatic carboxylic acids is 1. The summed E-state index contributed by atoms with van der Waals surface area (Å²) in [5.74, 6) is -1.75. The van der Waals surface area contributed by atoms with Crippen LogP contribution in [0.15, 0.2) is 59.6 Å². The predicted octanol–water partition coefficient (Wildman–Crippen LogP) is 1.84. The average molecular weight is 415 g/mol. The van der Waals surface area contributed by atoms with E-state index in [1.807, 2.05) is 24.3 Å². The van der Waals surface area contributed by atoms with E-state index in [2.05, 4.69) is 10.3 Å². The average Bonchev–Trinajstić information content (AvgIpc) is 3.10. The molecule has 3 N–H and O–H groups in total. The number of fused-ring (bicyclic) bond motifs is 1. The zero-order valence-electron chi connectivity index (χ0n) is 15.9. The second-order valence-electron chi connectivity index (χ2n) is 6.74. The van der Waals surface area contributed by atoms with Gasteiger partial charge in [-0.15, -0.1) is 0 Å². The minimum absolute atomic E-state index is 0.0487. The highest BCUT2D eigenvalue weighted by Gasteiger charge is 2.23. The zero-order valence-corrected chi connectivity index (χ0v) is 16.7. The number of rotatable bonds is 7. The molecule has 29 heavy (non-hydrogen) atoms. The summed E-state index contributed by atoms with van der Waals surface area (Å²) < 4.78 is 25.3. The van der Waals surface area contributed by atoms with E-state index in [0.29, 0.717) is 0 Å². The molecule has 152 valence electrons. The highest BCUT2D eigenvalue weighted by atomic mass is 32.2. The first-order chi connectivity index (χ1) is 13.7. The highest BCUT2D eigenvalue weighted by Crippen LogP contribution is 2.19. The number of nitrogens with zero attached hydrogens (tertiary/aromatic N) is 1. The van der Waals surface area contributed by atoms with E-state index >= 15 is 0 Å². The molecule has 1 heterocycles. The Bertz CT molecular complexity index is 1150. The molecule has 2 aromatic carbocycles. The van der Waals surface area contributed by atoms with Gasteiger partial charge in [-0.3, -0.25) is 4.79 Å². The molecule has 8 nitrogen and oxygen atoms in total. The first kappa shape index (κ1) is 20.6. The third kappa shape index (κ3) is 4.30. The fourth-order valence-corrected chi connectivity index (χ4v) is 3.85. The predicted molar refractivity (Wildman–Crippen MR) is 108 cm³/mol. The molecule has 0 radical (unpaired) electrons. The Morgan fingerprint density at radius 2 is 1.76 bits per heavy atom. The van der Waals surface area contributed by atoms with E-state index in [-0.39, 0.29) is 16.9 Å². The number of sulfonamides is 1. The third-order valence-electron chi connectivity index (χ3n) is 4.60. The van der Waals surface area contributed by atoms with Crippen LogP contribution in [0.5, 0.6) is 0 Å². The molecule has 1 aromatic heterocycles. The summed E-state index contributed by atoms with van der Waals surface area (Å²) in [6, 6.07) is 11.7. The molecule has 1 amide bonds. The van der Waals surface area contributed by atoms with Crippen LogP contribution >= 0.6 is 0 Å². The van der Waals surface area contributed by atoms with Crippen molar-refractivity contribution in [3.8, 4) is 0 Å². The summed E-state index contributed by atoms with van der Waals surface area (Å²) in [7, 11) is -0.777. The molecule has 0 aliphatic heterocycles. The molecule has 9 heteroatoms. The summed E-state index contributed by atoms with van der Waals surface area (Å²) in [6.45, 7) is 0. The molecule has 0 saturated carbocycles. The summed E-state index contributed by atoms with van der Waals surface area (Å²) in [6.07, 6.45) is 1.84. The number of carbonyl (C=O) groups is 2. The molecular formula is C20H21N3O5S. The smallest absolute Gasteiger partial charge is 0.326 e. The Morgan fingerprint density at radius 3 is 2.38 bits per heavy atom. The van der Waals surface area contributed by atoms with Crippen LogP contribution in [-0.4, -0.2) is 54.8 Å². The first-order valence-corrected chi connectivity index (χ1v) is 10.3. The maximum atomic E-state index is 12.5. The number of H-pyrrole nitrogens is 1. The maximum Gasteiger partial charge on any atom is 0.326 e. The van der Waals surface area contributed by atoms with Crippen LogP contribution in [0, 0.1) is 0 Å². The van der Waals surface area contributed by atoms with Gasteiger partial charge in [0.2, 0.25) is 10.0 Å². The number of carbonyl (C=O) groups excluding carboxylic acids is 1. The fraction of sp³-hybridized carbons (Fsp3) is 0.200. The van der Waals surface area contributed by atoms with Crippen LogP contribution in [0.4, 0.5) is 0 Å². The van der Waals surface area contributed by atoms with Crippen LogP contribution in [-0.2, 0) is 21.2 Å². The fourth-order valence-electron chi connectivity index (χ4n) is 2.95. The number of aromatic amines is 1. The van der Waals surface area contributed by atoms with Crippen LogP contribution < -0.4 is 5.32 Å². The van der Waals surface area contributed by atoms with Crippen molar-refractivity contribution in [2.24, 2.45) is 0 Å². The number of carboxylic acid groups (broad SMARTS) is 1. The molecule has 3 rings (SSSR count). The van der Waals surface area contributed by atoms with Crippen molar-refractivity contribution in [1.82, 2.24) is 14.6 Å². The van der Waals surface area contributed by atoms with Gasteiger partial charge in [0.05, 0.1) is 4.90 Å². The van der Waals surface area contributed by atoms with Gasteiger partial charge < -0.3 is 15.4 Å². The van der Waals surface area contributed by atoms with Gasteiger partial charge in [0.1, 0.15) is 6.04 Å². The van der Waals surface area contributed by atoms with Crippen molar-refractivity contribution in [3.63, 3.8) is 0 Å². The Kier molecular flexibility index (Phi) is 5.71. The van der Waals surface area contributed by atoms with Gasteiger partial charge in [-0.05, 0) is 35.9 Å². The Labute approximate surface area is 168 Å². The Morgan fingerprint density at radius 1 is 1.10 bits per heavy atom. The van der Waals surface area contributed by atoms with Crippen LogP contribution in [0.3, 0.4) is 0 Å². The van der Waals surface area contributed by atoms with E-state index in [9.17, 15) is 23.1 Å². The van der Waals surface area contributed by atoms with Crippen LogP contribution in [0.2, 0.25) is 0 Å². The summed E-state index contributed by atoms with van der Waals surface area (Å²) in [5, 5.41) is 12.9. The van der Waals surface area contributed by atoms with Crippen molar-refractivity contribution in [3.05, 3.63) is 65.9 Å². The minimum atomic E-state index is -3.61. The number of hydrogen-bond donors (Lipinski definition) is 3. The van der Waals surface area contributed by atoms with Gasteiger partial charge in [-0.25, -0.2) is 17.5 Å². The normalized spacial score (nSPS) is 12.8. The number of benzene rings is 2. The van der Waals surface area contributed by atoms with Crippen molar-refractivity contribution in [2.45, 2.75) is 17.4 Å². The lowest BCUT2D eigenvalue weighted by Gasteiger charge is -2.15. The molecule has 0 bridgehead atoms. The van der Waals surface area contributed by atoms with Crippen molar-refractivity contribution >= 4 is 32.8 Å². The minimum Gasteiger partial charge on any atom is -0.480 e. The molecule has 1 atom stereocenters. The lowest BCUT2D eigenvalue weighted by molar-refractivity contribution is -0.139. The molecule has 0 aliphatic rings. The van der Waals surface area contributed by atoms with Gasteiger partial charge in [0, 0.05) is 43.2 Å². The van der Waals surface area contributed by atoms with E-state index in [0.717, 1.165) is 20.8 Å². The SMILES string of the molecule is CN(C)S(=O)(=O)c1ccc(C(=O)NC(Cc2c[nH]c3ccccc23)C(=O)O)cc1. The number of aromatic nitrogens is 1. The van der Waals surface area contributed by atoms with Gasteiger partial charge >= 0.3 is 5.97 Å². The van der Waals surface area contributed by atoms with E-state index in [4.69, 9.17) is 0 Å². The van der Waals surface area contributed by atoms with E-state index < -0.39 is 27.9 Å². The maximum absolute atomic E-state index is 12.5.